The van der Waals surface area contributed by atoms with E-state index in [1.54, 1.807) is 19.9 Å². The normalized spacial score (nSPS) is 10.7. The Morgan fingerprint density at radius 3 is 2.46 bits per heavy atom. The minimum absolute atomic E-state index is 0.0442. The zero-order valence-electron chi connectivity index (χ0n) is 8.41. The average molecular weight is 184 g/mol. The standard InChI is InChI=1S/C9H16N2O2/c1-5-6-11(10-13)9(3,4)7-8(2)12/h5H,1,6-7H2,2-4H3. The molecule has 13 heavy (non-hydrogen) atoms. The van der Waals surface area contributed by atoms with Crippen molar-refractivity contribution in [2.75, 3.05) is 6.54 Å². The van der Waals surface area contributed by atoms with E-state index in [1.807, 2.05) is 0 Å². The fourth-order valence-electron chi connectivity index (χ4n) is 1.21. The monoisotopic (exact) mass is 184 g/mol. The van der Waals surface area contributed by atoms with Crippen LogP contribution < -0.4 is 0 Å². The van der Waals surface area contributed by atoms with Crippen LogP contribution in [0.4, 0.5) is 0 Å². The molecule has 0 aliphatic rings. The summed E-state index contributed by atoms with van der Waals surface area (Å²) >= 11 is 0. The number of carbonyl (C=O) groups is 1. The molecule has 0 aromatic rings. The van der Waals surface area contributed by atoms with Gasteiger partial charge < -0.3 is 0 Å². The Hall–Kier alpha value is -1.19. The highest BCUT2D eigenvalue weighted by Crippen LogP contribution is 2.19. The maximum absolute atomic E-state index is 10.9. The van der Waals surface area contributed by atoms with Gasteiger partial charge in [0.25, 0.3) is 0 Å². The summed E-state index contributed by atoms with van der Waals surface area (Å²) < 4.78 is 0. The van der Waals surface area contributed by atoms with Gasteiger partial charge in [-0.05, 0) is 20.8 Å². The lowest BCUT2D eigenvalue weighted by Crippen LogP contribution is -2.41. The Kier molecular flexibility index (Phi) is 4.31. The number of rotatable bonds is 6. The Labute approximate surface area is 78.6 Å². The Morgan fingerprint density at radius 1 is 1.62 bits per heavy atom. The van der Waals surface area contributed by atoms with Gasteiger partial charge in [0.1, 0.15) is 5.78 Å². The van der Waals surface area contributed by atoms with Crippen molar-refractivity contribution in [3.05, 3.63) is 17.6 Å². The van der Waals surface area contributed by atoms with E-state index in [0.717, 1.165) is 0 Å². The predicted molar refractivity (Wildman–Crippen MR) is 52.1 cm³/mol. The van der Waals surface area contributed by atoms with Crippen LogP contribution in [0.25, 0.3) is 0 Å². The zero-order chi connectivity index (χ0) is 10.5. The number of Topliss-reactive ketones (excluding diaryl/α,β-unsaturated/α-hetero) is 1. The molecule has 0 heterocycles. The SMILES string of the molecule is C=CCN(N=O)C(C)(C)CC(C)=O. The number of carbonyl (C=O) groups excluding carboxylic acids is 1. The first kappa shape index (κ1) is 11.8. The summed E-state index contributed by atoms with van der Waals surface area (Å²) in [5, 5.41) is 4.18. The second kappa shape index (κ2) is 4.74. The number of hydrogen-bond donors (Lipinski definition) is 0. The van der Waals surface area contributed by atoms with Gasteiger partial charge in [0.05, 0.1) is 17.4 Å². The van der Waals surface area contributed by atoms with Crippen molar-refractivity contribution in [1.29, 1.82) is 0 Å². The van der Waals surface area contributed by atoms with E-state index in [1.165, 1.54) is 11.9 Å². The lowest BCUT2D eigenvalue weighted by atomic mass is 9.97. The zero-order valence-corrected chi connectivity index (χ0v) is 8.41. The maximum Gasteiger partial charge on any atom is 0.132 e. The number of nitroso groups, excluding NO2 is 1. The summed E-state index contributed by atoms with van der Waals surface area (Å²) in [4.78, 5) is 21.3. The smallest absolute Gasteiger partial charge is 0.132 e. The van der Waals surface area contributed by atoms with Crippen LogP contribution in [0.3, 0.4) is 0 Å². The van der Waals surface area contributed by atoms with Crippen molar-refractivity contribution in [2.45, 2.75) is 32.7 Å². The van der Waals surface area contributed by atoms with E-state index in [9.17, 15) is 9.70 Å². The van der Waals surface area contributed by atoms with Crippen LogP contribution in [0.15, 0.2) is 17.9 Å². The second-order valence-electron chi connectivity index (χ2n) is 3.64. The number of ketones is 1. The second-order valence-corrected chi connectivity index (χ2v) is 3.64. The van der Waals surface area contributed by atoms with Crippen LogP contribution in [0.5, 0.6) is 0 Å². The lowest BCUT2D eigenvalue weighted by molar-refractivity contribution is -0.119. The molecule has 0 atom stereocenters. The Morgan fingerprint density at radius 2 is 2.15 bits per heavy atom. The van der Waals surface area contributed by atoms with Crippen molar-refractivity contribution >= 4 is 5.78 Å². The Bertz CT molecular complexity index is 212. The third kappa shape index (κ3) is 3.83. The van der Waals surface area contributed by atoms with Crippen LogP contribution in [0.2, 0.25) is 0 Å². The third-order valence-electron chi connectivity index (χ3n) is 1.78. The highest BCUT2D eigenvalue weighted by Gasteiger charge is 2.27. The van der Waals surface area contributed by atoms with Gasteiger partial charge in [-0.25, -0.2) is 0 Å². The van der Waals surface area contributed by atoms with Gasteiger partial charge in [0.2, 0.25) is 0 Å². The first-order valence-electron chi connectivity index (χ1n) is 4.15. The van der Waals surface area contributed by atoms with Crippen molar-refractivity contribution in [1.82, 2.24) is 5.01 Å². The molecule has 0 spiro atoms. The van der Waals surface area contributed by atoms with Crippen LogP contribution in [-0.2, 0) is 4.79 Å². The van der Waals surface area contributed by atoms with E-state index >= 15 is 0 Å². The van der Waals surface area contributed by atoms with Gasteiger partial charge >= 0.3 is 0 Å². The van der Waals surface area contributed by atoms with Crippen LogP contribution in [-0.4, -0.2) is 22.9 Å². The average Bonchev–Trinajstić information content (AvgIpc) is 1.97. The quantitative estimate of drug-likeness (QED) is 0.360. The van der Waals surface area contributed by atoms with Crippen molar-refractivity contribution in [3.63, 3.8) is 0 Å². The summed E-state index contributed by atoms with van der Waals surface area (Å²) in [6, 6.07) is 0. The molecule has 0 radical (unpaired) electrons. The fourth-order valence-corrected chi connectivity index (χ4v) is 1.21. The number of hydrogen-bond acceptors (Lipinski definition) is 3. The van der Waals surface area contributed by atoms with Gasteiger partial charge in [-0.15, -0.1) is 11.5 Å². The van der Waals surface area contributed by atoms with Crippen LogP contribution >= 0.6 is 0 Å². The van der Waals surface area contributed by atoms with Gasteiger partial charge in [0, 0.05) is 6.42 Å². The van der Waals surface area contributed by atoms with Crippen molar-refractivity contribution in [2.24, 2.45) is 5.29 Å². The molecule has 0 aromatic carbocycles. The molecule has 0 unspecified atom stereocenters. The molecule has 0 amide bonds. The van der Waals surface area contributed by atoms with Gasteiger partial charge in [-0.2, -0.15) is 0 Å². The van der Waals surface area contributed by atoms with Crippen molar-refractivity contribution < 1.29 is 4.79 Å². The van der Waals surface area contributed by atoms with Crippen molar-refractivity contribution in [3.8, 4) is 0 Å². The van der Waals surface area contributed by atoms with Crippen LogP contribution in [0.1, 0.15) is 27.2 Å². The molecular formula is C9H16N2O2. The third-order valence-corrected chi connectivity index (χ3v) is 1.78. The summed E-state index contributed by atoms with van der Waals surface area (Å²) in [6.07, 6.45) is 1.90. The van der Waals surface area contributed by atoms with E-state index in [-0.39, 0.29) is 5.78 Å². The first-order valence-corrected chi connectivity index (χ1v) is 4.15. The van der Waals surface area contributed by atoms with Gasteiger partial charge in [-0.3, -0.25) is 9.80 Å². The van der Waals surface area contributed by atoms with E-state index in [4.69, 9.17) is 0 Å². The Balaban J connectivity index is 4.44. The van der Waals surface area contributed by atoms with Crippen LogP contribution in [0, 0.1) is 4.91 Å². The molecule has 0 fully saturated rings. The van der Waals surface area contributed by atoms with E-state index < -0.39 is 5.54 Å². The van der Waals surface area contributed by atoms with E-state index in [2.05, 4.69) is 11.9 Å². The predicted octanol–water partition coefficient (Wildman–Crippen LogP) is 1.91. The maximum atomic E-state index is 10.9. The summed E-state index contributed by atoms with van der Waals surface area (Å²) in [5.74, 6) is 0.0442. The summed E-state index contributed by atoms with van der Waals surface area (Å²) in [5.41, 5.74) is -0.526. The molecular weight excluding hydrogens is 168 g/mol. The molecule has 0 saturated heterocycles. The molecule has 4 nitrogen and oxygen atoms in total. The minimum Gasteiger partial charge on any atom is -0.300 e. The molecule has 0 aliphatic carbocycles. The van der Waals surface area contributed by atoms with Gasteiger partial charge in [-0.1, -0.05) is 6.08 Å². The summed E-state index contributed by atoms with van der Waals surface area (Å²) in [7, 11) is 0. The molecule has 0 N–H and O–H groups in total. The van der Waals surface area contributed by atoms with Gasteiger partial charge in [0.15, 0.2) is 0 Å². The first-order chi connectivity index (χ1) is 5.94. The molecule has 0 aromatic heterocycles. The molecule has 4 heteroatoms. The number of nitrogens with zero attached hydrogens (tertiary/aromatic N) is 2. The molecule has 0 saturated carbocycles. The highest BCUT2D eigenvalue weighted by molar-refractivity contribution is 5.76. The topological polar surface area (TPSA) is 49.7 Å². The molecule has 0 aliphatic heterocycles. The summed E-state index contributed by atoms with van der Waals surface area (Å²) in [6.45, 7) is 8.99. The highest BCUT2D eigenvalue weighted by atomic mass is 16.3. The molecule has 0 rings (SSSR count). The fraction of sp³-hybridized carbons (Fsp3) is 0.667. The molecule has 74 valence electrons. The molecule has 0 bridgehead atoms. The lowest BCUT2D eigenvalue weighted by Gasteiger charge is -2.31. The minimum atomic E-state index is -0.526. The van der Waals surface area contributed by atoms with E-state index in [0.29, 0.717) is 13.0 Å². The largest absolute Gasteiger partial charge is 0.300 e.